The molecule has 1 N–H and O–H groups in total. The van der Waals surface area contributed by atoms with Gasteiger partial charge in [-0.2, -0.15) is 9.61 Å². The highest BCUT2D eigenvalue weighted by Gasteiger charge is 2.21. The number of carbonyl (C=O) groups is 1. The van der Waals surface area contributed by atoms with Crippen molar-refractivity contribution in [2.75, 3.05) is 5.32 Å². The second-order valence-electron chi connectivity index (χ2n) is 7.66. The van der Waals surface area contributed by atoms with Crippen LogP contribution in [0.15, 0.2) is 60.9 Å². The van der Waals surface area contributed by atoms with Crippen LogP contribution in [0.4, 0.5) is 5.69 Å². The van der Waals surface area contributed by atoms with Crippen LogP contribution in [-0.4, -0.2) is 30.7 Å². The summed E-state index contributed by atoms with van der Waals surface area (Å²) in [5.41, 5.74) is 4.01. The van der Waals surface area contributed by atoms with Crippen LogP contribution in [0.3, 0.4) is 0 Å². The van der Waals surface area contributed by atoms with Crippen molar-refractivity contribution in [1.29, 1.82) is 0 Å². The molecule has 30 heavy (non-hydrogen) atoms. The molecule has 0 spiro atoms. The molecule has 7 heteroatoms. The summed E-state index contributed by atoms with van der Waals surface area (Å²) in [7, 11) is 0. The Hall–Kier alpha value is -3.61. The molecular formula is C23H22N6O. The van der Waals surface area contributed by atoms with E-state index in [4.69, 9.17) is 5.10 Å². The second kappa shape index (κ2) is 8.02. The zero-order valence-corrected chi connectivity index (χ0v) is 16.5. The minimum absolute atomic E-state index is 0.118. The van der Waals surface area contributed by atoms with E-state index >= 15 is 0 Å². The van der Waals surface area contributed by atoms with Gasteiger partial charge in [-0.25, -0.2) is 0 Å². The van der Waals surface area contributed by atoms with Crippen molar-refractivity contribution in [3.8, 4) is 22.6 Å². The number of rotatable bonds is 4. The first-order valence-corrected chi connectivity index (χ1v) is 10.3. The van der Waals surface area contributed by atoms with Crippen LogP contribution in [-0.2, 0) is 4.79 Å². The average molecular weight is 398 g/mol. The van der Waals surface area contributed by atoms with Crippen molar-refractivity contribution in [3.63, 3.8) is 0 Å². The van der Waals surface area contributed by atoms with Crippen LogP contribution in [0, 0.1) is 5.92 Å². The number of anilines is 1. The molecule has 4 aromatic rings. The Labute approximate surface area is 174 Å². The number of hydrogen-bond acceptors (Lipinski definition) is 5. The first kappa shape index (κ1) is 18.4. The lowest BCUT2D eigenvalue weighted by molar-refractivity contribution is -0.120. The number of hydrogen-bond donors (Lipinski definition) is 1. The lowest BCUT2D eigenvalue weighted by atomic mass is 9.88. The first-order valence-electron chi connectivity index (χ1n) is 10.3. The van der Waals surface area contributed by atoms with Gasteiger partial charge in [-0.3, -0.25) is 9.78 Å². The summed E-state index contributed by atoms with van der Waals surface area (Å²) in [4.78, 5) is 16.8. The van der Waals surface area contributed by atoms with Crippen molar-refractivity contribution in [1.82, 2.24) is 24.8 Å². The summed E-state index contributed by atoms with van der Waals surface area (Å²) in [5, 5.41) is 16.3. The molecule has 0 unspecified atom stereocenters. The summed E-state index contributed by atoms with van der Waals surface area (Å²) in [5.74, 6) is 0.880. The molecule has 1 aliphatic rings. The molecular weight excluding hydrogens is 376 g/mol. The maximum Gasteiger partial charge on any atom is 0.227 e. The van der Waals surface area contributed by atoms with Crippen LogP contribution >= 0.6 is 0 Å². The fourth-order valence-corrected chi connectivity index (χ4v) is 3.98. The molecule has 7 nitrogen and oxygen atoms in total. The third-order valence-electron chi connectivity index (χ3n) is 5.58. The van der Waals surface area contributed by atoms with Gasteiger partial charge in [0, 0.05) is 35.1 Å². The van der Waals surface area contributed by atoms with Gasteiger partial charge < -0.3 is 5.32 Å². The van der Waals surface area contributed by atoms with Gasteiger partial charge in [0.1, 0.15) is 0 Å². The maximum atomic E-state index is 12.6. The summed E-state index contributed by atoms with van der Waals surface area (Å²) >= 11 is 0. The van der Waals surface area contributed by atoms with E-state index in [1.165, 1.54) is 6.42 Å². The third kappa shape index (κ3) is 3.66. The number of carbonyl (C=O) groups excluding carboxylic acids is 1. The topological polar surface area (TPSA) is 85.1 Å². The molecule has 1 aromatic carbocycles. The van der Waals surface area contributed by atoms with Crippen molar-refractivity contribution in [3.05, 3.63) is 60.9 Å². The van der Waals surface area contributed by atoms with Crippen LogP contribution in [0.5, 0.6) is 0 Å². The van der Waals surface area contributed by atoms with Gasteiger partial charge in [0.05, 0.1) is 5.69 Å². The Bertz CT molecular complexity index is 1180. The molecule has 1 saturated carbocycles. The molecule has 0 bridgehead atoms. The number of pyridine rings is 1. The smallest absolute Gasteiger partial charge is 0.227 e. The molecule has 1 amide bonds. The molecule has 1 aliphatic carbocycles. The quantitative estimate of drug-likeness (QED) is 0.552. The van der Waals surface area contributed by atoms with Crippen molar-refractivity contribution < 1.29 is 4.79 Å². The minimum atomic E-state index is 0.118. The zero-order valence-electron chi connectivity index (χ0n) is 16.5. The summed E-state index contributed by atoms with van der Waals surface area (Å²) < 4.78 is 1.72. The standard InChI is InChI=1S/C23H22N6O/c30-23(16-6-2-1-3-7-16)25-19-10-4-8-17(14-19)20-11-12-21-26-27-22(29(21)28-20)18-9-5-13-24-15-18/h4-5,8-16H,1-3,6-7H2,(H,25,30). The van der Waals surface area contributed by atoms with E-state index in [0.717, 1.165) is 48.2 Å². The highest BCUT2D eigenvalue weighted by atomic mass is 16.1. The summed E-state index contributed by atoms with van der Waals surface area (Å²) in [6.07, 6.45) is 8.94. The molecule has 150 valence electrons. The van der Waals surface area contributed by atoms with E-state index in [-0.39, 0.29) is 11.8 Å². The zero-order chi connectivity index (χ0) is 20.3. The maximum absolute atomic E-state index is 12.6. The highest BCUT2D eigenvalue weighted by Crippen LogP contribution is 2.27. The number of amides is 1. The molecule has 3 heterocycles. The predicted octanol–water partition coefficient (Wildman–Crippen LogP) is 4.37. The molecule has 5 rings (SSSR count). The molecule has 1 fully saturated rings. The van der Waals surface area contributed by atoms with Crippen LogP contribution in [0.1, 0.15) is 32.1 Å². The van der Waals surface area contributed by atoms with Gasteiger partial charge in [0.25, 0.3) is 0 Å². The van der Waals surface area contributed by atoms with Crippen molar-refractivity contribution in [2.24, 2.45) is 5.92 Å². The Morgan fingerprint density at radius 2 is 1.83 bits per heavy atom. The Morgan fingerprint density at radius 1 is 0.967 bits per heavy atom. The fourth-order valence-electron chi connectivity index (χ4n) is 3.98. The number of aromatic nitrogens is 5. The Kier molecular flexibility index (Phi) is 4.93. The van der Waals surface area contributed by atoms with Gasteiger partial charge in [0.15, 0.2) is 11.5 Å². The van der Waals surface area contributed by atoms with E-state index in [2.05, 4.69) is 20.5 Å². The number of benzene rings is 1. The van der Waals surface area contributed by atoms with Gasteiger partial charge in [0.2, 0.25) is 5.91 Å². The predicted molar refractivity (Wildman–Crippen MR) is 115 cm³/mol. The SMILES string of the molecule is O=C(Nc1cccc(-c2ccc3nnc(-c4cccnc4)n3n2)c1)C1CCCCC1. The number of nitrogens with zero attached hydrogens (tertiary/aromatic N) is 5. The fraction of sp³-hybridized carbons (Fsp3) is 0.261. The van der Waals surface area contributed by atoms with Crippen LogP contribution in [0.25, 0.3) is 28.3 Å². The minimum Gasteiger partial charge on any atom is -0.326 e. The normalized spacial score (nSPS) is 14.7. The van der Waals surface area contributed by atoms with E-state index in [0.29, 0.717) is 11.5 Å². The molecule has 0 radical (unpaired) electrons. The van der Waals surface area contributed by atoms with E-state index in [1.807, 2.05) is 48.5 Å². The summed E-state index contributed by atoms with van der Waals surface area (Å²) in [6, 6.07) is 15.4. The molecule has 0 saturated heterocycles. The van der Waals surface area contributed by atoms with E-state index in [9.17, 15) is 4.79 Å². The first-order chi connectivity index (χ1) is 14.8. The monoisotopic (exact) mass is 398 g/mol. The lowest BCUT2D eigenvalue weighted by Gasteiger charge is -2.20. The van der Waals surface area contributed by atoms with Gasteiger partial charge >= 0.3 is 0 Å². The van der Waals surface area contributed by atoms with Gasteiger partial charge in [-0.1, -0.05) is 31.4 Å². The largest absolute Gasteiger partial charge is 0.326 e. The Balaban J connectivity index is 1.44. The van der Waals surface area contributed by atoms with Crippen LogP contribution < -0.4 is 5.32 Å². The van der Waals surface area contributed by atoms with Gasteiger partial charge in [-0.05, 0) is 49.2 Å². The Morgan fingerprint density at radius 3 is 2.67 bits per heavy atom. The molecule has 0 atom stereocenters. The highest BCUT2D eigenvalue weighted by molar-refractivity contribution is 5.93. The lowest BCUT2D eigenvalue weighted by Crippen LogP contribution is -2.24. The number of fused-ring (bicyclic) bond motifs is 1. The van der Waals surface area contributed by atoms with Gasteiger partial charge in [-0.15, -0.1) is 10.2 Å². The van der Waals surface area contributed by atoms with Crippen molar-refractivity contribution in [2.45, 2.75) is 32.1 Å². The van der Waals surface area contributed by atoms with Crippen molar-refractivity contribution >= 4 is 17.2 Å². The second-order valence-corrected chi connectivity index (χ2v) is 7.66. The van der Waals surface area contributed by atoms with Crippen LogP contribution in [0.2, 0.25) is 0 Å². The molecule has 0 aliphatic heterocycles. The third-order valence-corrected chi connectivity index (χ3v) is 5.58. The van der Waals surface area contributed by atoms with E-state index < -0.39 is 0 Å². The number of nitrogens with one attached hydrogen (secondary N) is 1. The molecule has 3 aromatic heterocycles. The average Bonchev–Trinajstić information content (AvgIpc) is 3.24. The van der Waals surface area contributed by atoms with E-state index in [1.54, 1.807) is 16.9 Å². The summed E-state index contributed by atoms with van der Waals surface area (Å²) in [6.45, 7) is 0.